The Morgan fingerprint density at radius 3 is 3.00 bits per heavy atom. The minimum atomic E-state index is -0.310. The number of aryl methyl sites for hydroxylation is 1. The van der Waals surface area contributed by atoms with Gasteiger partial charge < -0.3 is 20.1 Å². The van der Waals surface area contributed by atoms with Gasteiger partial charge in [0.1, 0.15) is 9.88 Å². The highest BCUT2D eigenvalue weighted by Gasteiger charge is 2.20. The molecule has 8 heteroatoms. The van der Waals surface area contributed by atoms with Gasteiger partial charge in [0, 0.05) is 20.2 Å². The van der Waals surface area contributed by atoms with Gasteiger partial charge in [0.05, 0.1) is 24.4 Å². The average Bonchev–Trinajstić information content (AvgIpc) is 3.23. The fourth-order valence-electron chi connectivity index (χ4n) is 2.67. The van der Waals surface area contributed by atoms with Crippen molar-refractivity contribution in [2.24, 2.45) is 4.99 Å². The van der Waals surface area contributed by atoms with Crippen LogP contribution in [0, 0.1) is 6.92 Å². The van der Waals surface area contributed by atoms with Crippen LogP contribution in [-0.4, -0.2) is 49.8 Å². The van der Waals surface area contributed by atoms with Crippen LogP contribution in [0.3, 0.4) is 0 Å². The van der Waals surface area contributed by atoms with Gasteiger partial charge in [-0.15, -0.1) is 11.3 Å². The molecule has 0 radical (unpaired) electrons. The van der Waals surface area contributed by atoms with Crippen LogP contribution >= 0.6 is 11.3 Å². The second-order valence-corrected chi connectivity index (χ2v) is 7.01. The van der Waals surface area contributed by atoms with Crippen LogP contribution in [-0.2, 0) is 9.47 Å². The molecule has 25 heavy (non-hydrogen) atoms. The van der Waals surface area contributed by atoms with Crippen LogP contribution in [0.2, 0.25) is 0 Å². The molecule has 2 N–H and O–H groups in total. The highest BCUT2D eigenvalue weighted by atomic mass is 32.1. The first-order chi connectivity index (χ1) is 12.0. The Morgan fingerprint density at radius 1 is 1.56 bits per heavy atom. The van der Waals surface area contributed by atoms with E-state index >= 15 is 0 Å². The predicted molar refractivity (Wildman–Crippen MR) is 99.3 cm³/mol. The fraction of sp³-hybridized carbons (Fsp3) is 0.706. The minimum absolute atomic E-state index is 0.0548. The van der Waals surface area contributed by atoms with Crippen molar-refractivity contribution in [3.63, 3.8) is 0 Å². The highest BCUT2D eigenvalue weighted by Crippen LogP contribution is 2.24. The van der Waals surface area contributed by atoms with Crippen molar-refractivity contribution in [2.45, 2.75) is 52.2 Å². The van der Waals surface area contributed by atoms with E-state index in [1.165, 1.54) is 11.3 Å². The SMILES string of the molecule is CCOC(=O)c1sc(C(C)NC(=NC)NCCC2CCCO2)nc1C. The largest absolute Gasteiger partial charge is 0.462 e. The summed E-state index contributed by atoms with van der Waals surface area (Å²) >= 11 is 1.36. The molecule has 2 atom stereocenters. The second-order valence-electron chi connectivity index (χ2n) is 5.98. The van der Waals surface area contributed by atoms with Crippen molar-refractivity contribution in [1.29, 1.82) is 0 Å². The number of rotatable bonds is 7. The van der Waals surface area contributed by atoms with Crippen LogP contribution in [0.4, 0.5) is 0 Å². The molecule has 1 aromatic heterocycles. The topological polar surface area (TPSA) is 84.8 Å². The smallest absolute Gasteiger partial charge is 0.350 e. The Hall–Kier alpha value is -1.67. The van der Waals surface area contributed by atoms with Crippen molar-refractivity contribution in [3.05, 3.63) is 15.6 Å². The molecule has 2 unspecified atom stereocenters. The predicted octanol–water partition coefficient (Wildman–Crippen LogP) is 2.42. The minimum Gasteiger partial charge on any atom is -0.462 e. The lowest BCUT2D eigenvalue weighted by atomic mass is 10.2. The fourth-order valence-corrected chi connectivity index (χ4v) is 3.64. The second kappa shape index (κ2) is 9.72. The molecule has 7 nitrogen and oxygen atoms in total. The Morgan fingerprint density at radius 2 is 2.36 bits per heavy atom. The summed E-state index contributed by atoms with van der Waals surface area (Å²) in [5, 5.41) is 7.46. The van der Waals surface area contributed by atoms with Crippen LogP contribution in [0.25, 0.3) is 0 Å². The highest BCUT2D eigenvalue weighted by molar-refractivity contribution is 7.13. The quantitative estimate of drug-likeness (QED) is 0.437. The standard InChI is InChI=1S/C17H28N4O3S/c1-5-23-16(22)14-11(2)20-15(25-14)12(3)21-17(18-4)19-9-8-13-7-6-10-24-13/h12-13H,5-10H2,1-4H3,(H2,18,19,21). The molecular weight excluding hydrogens is 340 g/mol. The van der Waals surface area contributed by atoms with E-state index in [-0.39, 0.29) is 12.0 Å². The Balaban J connectivity index is 1.87. The van der Waals surface area contributed by atoms with Crippen molar-refractivity contribution in [1.82, 2.24) is 15.6 Å². The summed E-state index contributed by atoms with van der Waals surface area (Å²) in [6.45, 7) is 7.67. The monoisotopic (exact) mass is 368 g/mol. The molecular formula is C17H28N4O3S. The first-order valence-electron chi connectivity index (χ1n) is 8.78. The number of carbonyl (C=O) groups excluding carboxylic acids is 1. The number of ether oxygens (including phenoxy) is 2. The van der Waals surface area contributed by atoms with E-state index in [2.05, 4.69) is 20.6 Å². The van der Waals surface area contributed by atoms with Crippen molar-refractivity contribution in [2.75, 3.05) is 26.8 Å². The van der Waals surface area contributed by atoms with Crippen LogP contribution in [0.15, 0.2) is 4.99 Å². The number of aliphatic imine (C=N–C) groups is 1. The van der Waals surface area contributed by atoms with E-state index in [1.54, 1.807) is 14.0 Å². The third kappa shape index (κ3) is 5.67. The van der Waals surface area contributed by atoms with Crippen LogP contribution < -0.4 is 10.6 Å². The number of hydrogen-bond donors (Lipinski definition) is 2. The molecule has 1 saturated heterocycles. The van der Waals surface area contributed by atoms with Gasteiger partial charge in [-0.2, -0.15) is 0 Å². The molecule has 1 aliphatic heterocycles. The number of hydrogen-bond acceptors (Lipinski definition) is 6. The molecule has 0 spiro atoms. The van der Waals surface area contributed by atoms with E-state index in [0.717, 1.165) is 43.4 Å². The van der Waals surface area contributed by atoms with E-state index in [1.807, 2.05) is 13.8 Å². The molecule has 1 fully saturated rings. The Kier molecular flexibility index (Phi) is 7.64. The number of thiazole rings is 1. The van der Waals surface area contributed by atoms with Crippen LogP contribution in [0.5, 0.6) is 0 Å². The molecule has 0 aliphatic carbocycles. The van der Waals surface area contributed by atoms with E-state index in [0.29, 0.717) is 23.3 Å². The summed E-state index contributed by atoms with van der Waals surface area (Å²) in [5.41, 5.74) is 0.702. The summed E-state index contributed by atoms with van der Waals surface area (Å²) in [6.07, 6.45) is 3.62. The lowest BCUT2D eigenvalue weighted by molar-refractivity contribution is 0.0531. The summed E-state index contributed by atoms with van der Waals surface area (Å²) in [6, 6.07) is -0.0548. The number of nitrogens with zero attached hydrogens (tertiary/aromatic N) is 2. The Bertz CT molecular complexity index is 597. The third-order valence-electron chi connectivity index (χ3n) is 4.00. The first-order valence-corrected chi connectivity index (χ1v) is 9.60. The van der Waals surface area contributed by atoms with E-state index < -0.39 is 0 Å². The lowest BCUT2D eigenvalue weighted by Gasteiger charge is -2.17. The number of aromatic nitrogens is 1. The molecule has 0 bridgehead atoms. The molecule has 140 valence electrons. The van der Waals surface area contributed by atoms with Crippen molar-refractivity contribution < 1.29 is 14.3 Å². The van der Waals surface area contributed by atoms with Gasteiger partial charge in [0.25, 0.3) is 0 Å². The van der Waals surface area contributed by atoms with Gasteiger partial charge in [-0.05, 0) is 40.0 Å². The third-order valence-corrected chi connectivity index (χ3v) is 5.32. The molecule has 2 rings (SSSR count). The van der Waals surface area contributed by atoms with E-state index in [9.17, 15) is 4.79 Å². The van der Waals surface area contributed by atoms with E-state index in [4.69, 9.17) is 9.47 Å². The maximum Gasteiger partial charge on any atom is 0.350 e. The van der Waals surface area contributed by atoms with Gasteiger partial charge >= 0.3 is 5.97 Å². The number of nitrogens with one attached hydrogen (secondary N) is 2. The number of esters is 1. The Labute approximate surface area is 153 Å². The molecule has 2 heterocycles. The summed E-state index contributed by atoms with van der Waals surface area (Å²) in [5.74, 6) is 0.408. The van der Waals surface area contributed by atoms with Gasteiger partial charge in [-0.3, -0.25) is 4.99 Å². The maximum atomic E-state index is 11.9. The molecule has 0 aromatic carbocycles. The van der Waals surface area contributed by atoms with Crippen molar-refractivity contribution >= 4 is 23.3 Å². The molecule has 0 amide bonds. The van der Waals surface area contributed by atoms with Gasteiger partial charge in [0.15, 0.2) is 5.96 Å². The number of carbonyl (C=O) groups is 1. The molecule has 1 aliphatic rings. The van der Waals surface area contributed by atoms with Crippen LogP contribution in [0.1, 0.15) is 59.5 Å². The maximum absolute atomic E-state index is 11.9. The summed E-state index contributed by atoms with van der Waals surface area (Å²) < 4.78 is 10.7. The van der Waals surface area contributed by atoms with Crippen molar-refractivity contribution in [3.8, 4) is 0 Å². The average molecular weight is 369 g/mol. The number of guanidine groups is 1. The summed E-state index contributed by atoms with van der Waals surface area (Å²) in [7, 11) is 1.74. The zero-order valence-corrected chi connectivity index (χ0v) is 16.2. The first kappa shape index (κ1) is 19.7. The zero-order chi connectivity index (χ0) is 18.2. The molecule has 0 saturated carbocycles. The van der Waals surface area contributed by atoms with Gasteiger partial charge in [0.2, 0.25) is 0 Å². The lowest BCUT2D eigenvalue weighted by Crippen LogP contribution is -2.39. The normalized spacial score (nSPS) is 18.9. The molecule has 1 aromatic rings. The van der Waals surface area contributed by atoms with Gasteiger partial charge in [-0.1, -0.05) is 0 Å². The zero-order valence-electron chi connectivity index (χ0n) is 15.4. The summed E-state index contributed by atoms with van der Waals surface area (Å²) in [4.78, 5) is 21.2. The van der Waals surface area contributed by atoms with Gasteiger partial charge in [-0.25, -0.2) is 9.78 Å².